The number of hydrogen-bond donors (Lipinski definition) is 2. The zero-order chi connectivity index (χ0) is 15.4. The summed E-state index contributed by atoms with van der Waals surface area (Å²) in [5.74, 6) is 1.11. The quantitative estimate of drug-likeness (QED) is 0.612. The van der Waals surface area contributed by atoms with Crippen LogP contribution in [0.2, 0.25) is 0 Å². The number of aliphatic imine (C=N–C) groups is 1. The Bertz CT molecular complexity index is 540. The molecule has 22 heavy (non-hydrogen) atoms. The van der Waals surface area contributed by atoms with Gasteiger partial charge in [0.25, 0.3) is 0 Å². The Labute approximate surface area is 130 Å². The summed E-state index contributed by atoms with van der Waals surface area (Å²) in [6, 6.07) is 1.92. The summed E-state index contributed by atoms with van der Waals surface area (Å²) < 4.78 is 1.90. The van der Waals surface area contributed by atoms with Crippen LogP contribution >= 0.6 is 0 Å². The van der Waals surface area contributed by atoms with Gasteiger partial charge in [0.05, 0.1) is 6.54 Å². The lowest BCUT2D eigenvalue weighted by atomic mass is 9.79. The molecule has 2 aliphatic rings. The Hall–Kier alpha value is -2.05. The van der Waals surface area contributed by atoms with Gasteiger partial charge >= 0.3 is 0 Å². The third-order valence-electron chi connectivity index (χ3n) is 4.55. The molecule has 0 aliphatic carbocycles. The van der Waals surface area contributed by atoms with Gasteiger partial charge < -0.3 is 15.5 Å². The third kappa shape index (κ3) is 3.23. The molecule has 7 heteroatoms. The van der Waals surface area contributed by atoms with Gasteiger partial charge in [0, 0.05) is 57.5 Å². The van der Waals surface area contributed by atoms with Crippen LogP contribution in [0.25, 0.3) is 0 Å². The van der Waals surface area contributed by atoms with Crippen molar-refractivity contribution >= 4 is 11.9 Å². The van der Waals surface area contributed by atoms with Crippen molar-refractivity contribution in [1.29, 1.82) is 0 Å². The van der Waals surface area contributed by atoms with E-state index in [2.05, 4.69) is 25.6 Å². The average Bonchev–Trinajstić information content (AvgIpc) is 3.14. The summed E-state index contributed by atoms with van der Waals surface area (Å²) in [6.45, 7) is 4.29. The van der Waals surface area contributed by atoms with Crippen LogP contribution in [0.3, 0.4) is 0 Å². The first-order valence-corrected chi connectivity index (χ1v) is 7.91. The predicted octanol–water partition coefficient (Wildman–Crippen LogP) is 0.0606. The number of aromatic nitrogens is 2. The molecule has 1 aromatic rings. The Morgan fingerprint density at radius 1 is 1.59 bits per heavy atom. The number of carbonyl (C=O) groups is 1. The van der Waals surface area contributed by atoms with Crippen LogP contribution < -0.4 is 10.6 Å². The molecule has 120 valence electrons. The second-order valence-corrected chi connectivity index (χ2v) is 6.22. The zero-order valence-corrected chi connectivity index (χ0v) is 13.1. The SMILES string of the molecule is CN=C(NCCn1cccn1)N1CCCC2(CNC(=O)C2)C1. The van der Waals surface area contributed by atoms with E-state index in [4.69, 9.17) is 0 Å². The number of rotatable bonds is 3. The standard InChI is InChI=1S/C15H24N6O/c1-16-14(17-6-9-21-8-3-5-19-21)20-7-2-4-15(12-20)10-13(22)18-11-15/h3,5,8H,2,4,6-7,9-12H2,1H3,(H,16,17)(H,18,22). The molecule has 1 atom stereocenters. The van der Waals surface area contributed by atoms with Gasteiger partial charge in [0.2, 0.25) is 5.91 Å². The maximum absolute atomic E-state index is 11.6. The molecule has 3 rings (SSSR count). The van der Waals surface area contributed by atoms with Crippen LogP contribution in [0, 0.1) is 5.41 Å². The lowest BCUT2D eigenvalue weighted by Crippen LogP contribution is -2.51. The molecule has 1 amide bonds. The van der Waals surface area contributed by atoms with Crippen molar-refractivity contribution in [3.63, 3.8) is 0 Å². The third-order valence-corrected chi connectivity index (χ3v) is 4.55. The fourth-order valence-corrected chi connectivity index (χ4v) is 3.48. The predicted molar refractivity (Wildman–Crippen MR) is 84.5 cm³/mol. The smallest absolute Gasteiger partial charge is 0.220 e. The minimum absolute atomic E-state index is 0.0922. The van der Waals surface area contributed by atoms with Crippen molar-refractivity contribution in [2.75, 3.05) is 33.2 Å². The van der Waals surface area contributed by atoms with Crippen LogP contribution in [0.15, 0.2) is 23.5 Å². The molecule has 1 aromatic heterocycles. The normalized spacial score (nSPS) is 25.6. The minimum Gasteiger partial charge on any atom is -0.355 e. The van der Waals surface area contributed by atoms with E-state index in [0.717, 1.165) is 51.5 Å². The van der Waals surface area contributed by atoms with Gasteiger partial charge in [-0.05, 0) is 18.9 Å². The van der Waals surface area contributed by atoms with E-state index >= 15 is 0 Å². The number of nitrogens with one attached hydrogen (secondary N) is 2. The lowest BCUT2D eigenvalue weighted by Gasteiger charge is -2.40. The lowest BCUT2D eigenvalue weighted by molar-refractivity contribution is -0.119. The summed E-state index contributed by atoms with van der Waals surface area (Å²) in [4.78, 5) is 18.3. The van der Waals surface area contributed by atoms with E-state index < -0.39 is 0 Å². The van der Waals surface area contributed by atoms with Crippen molar-refractivity contribution in [2.45, 2.75) is 25.8 Å². The van der Waals surface area contributed by atoms with Crippen LogP contribution in [-0.4, -0.2) is 59.8 Å². The molecule has 1 spiro atoms. The molecule has 0 bridgehead atoms. The van der Waals surface area contributed by atoms with Gasteiger partial charge in [-0.1, -0.05) is 0 Å². The number of amides is 1. The molecule has 2 saturated heterocycles. The minimum atomic E-state index is 0.0922. The van der Waals surface area contributed by atoms with Gasteiger partial charge in [-0.15, -0.1) is 0 Å². The van der Waals surface area contributed by atoms with E-state index in [1.807, 2.05) is 24.0 Å². The summed E-state index contributed by atoms with van der Waals surface area (Å²) in [6.07, 6.45) is 6.61. The van der Waals surface area contributed by atoms with Crippen LogP contribution in [0.5, 0.6) is 0 Å². The Morgan fingerprint density at radius 3 is 3.18 bits per heavy atom. The summed E-state index contributed by atoms with van der Waals surface area (Å²) in [7, 11) is 1.82. The molecule has 0 aromatic carbocycles. The van der Waals surface area contributed by atoms with E-state index in [0.29, 0.717) is 6.42 Å². The molecular formula is C15H24N6O. The second kappa shape index (κ2) is 6.37. The molecule has 0 saturated carbocycles. The van der Waals surface area contributed by atoms with Crippen LogP contribution in [0.1, 0.15) is 19.3 Å². The summed E-state index contributed by atoms with van der Waals surface area (Å²) >= 11 is 0. The first-order chi connectivity index (χ1) is 10.7. The first kappa shape index (κ1) is 14.9. The van der Waals surface area contributed by atoms with Crippen LogP contribution in [0.4, 0.5) is 0 Å². The molecule has 3 heterocycles. The van der Waals surface area contributed by atoms with Crippen molar-refractivity contribution in [3.8, 4) is 0 Å². The molecule has 2 aliphatic heterocycles. The number of nitrogens with zero attached hydrogens (tertiary/aromatic N) is 4. The number of guanidine groups is 1. The van der Waals surface area contributed by atoms with Gasteiger partial charge in [-0.2, -0.15) is 5.10 Å². The number of likely N-dealkylation sites (tertiary alicyclic amines) is 1. The number of carbonyl (C=O) groups excluding carboxylic acids is 1. The summed E-state index contributed by atoms with van der Waals surface area (Å²) in [5, 5.41) is 10.6. The van der Waals surface area contributed by atoms with Crippen LogP contribution in [-0.2, 0) is 11.3 Å². The van der Waals surface area contributed by atoms with Gasteiger partial charge in [0.15, 0.2) is 5.96 Å². The Balaban J connectivity index is 1.55. The molecule has 2 fully saturated rings. The van der Waals surface area contributed by atoms with Gasteiger partial charge in [-0.3, -0.25) is 14.5 Å². The van der Waals surface area contributed by atoms with Gasteiger partial charge in [0.1, 0.15) is 0 Å². The van der Waals surface area contributed by atoms with Crippen molar-refractivity contribution in [2.24, 2.45) is 10.4 Å². The fourth-order valence-electron chi connectivity index (χ4n) is 3.48. The van der Waals surface area contributed by atoms with Crippen molar-refractivity contribution < 1.29 is 4.79 Å². The second-order valence-electron chi connectivity index (χ2n) is 6.22. The number of piperidine rings is 1. The van der Waals surface area contributed by atoms with E-state index in [9.17, 15) is 4.79 Å². The average molecular weight is 304 g/mol. The molecule has 0 radical (unpaired) electrons. The van der Waals surface area contributed by atoms with E-state index in [1.54, 1.807) is 6.20 Å². The fraction of sp³-hybridized carbons (Fsp3) is 0.667. The van der Waals surface area contributed by atoms with Crippen molar-refractivity contribution in [3.05, 3.63) is 18.5 Å². The highest BCUT2D eigenvalue weighted by molar-refractivity contribution is 5.81. The highest BCUT2D eigenvalue weighted by atomic mass is 16.1. The topological polar surface area (TPSA) is 74.6 Å². The largest absolute Gasteiger partial charge is 0.355 e. The highest BCUT2D eigenvalue weighted by Gasteiger charge is 2.42. The molecule has 1 unspecified atom stereocenters. The Morgan fingerprint density at radius 2 is 2.50 bits per heavy atom. The van der Waals surface area contributed by atoms with E-state index in [1.165, 1.54) is 0 Å². The van der Waals surface area contributed by atoms with Crippen molar-refractivity contribution in [1.82, 2.24) is 25.3 Å². The Kier molecular flexibility index (Phi) is 4.31. The zero-order valence-electron chi connectivity index (χ0n) is 13.1. The van der Waals surface area contributed by atoms with E-state index in [-0.39, 0.29) is 11.3 Å². The first-order valence-electron chi connectivity index (χ1n) is 7.91. The maximum atomic E-state index is 11.6. The maximum Gasteiger partial charge on any atom is 0.220 e. The highest BCUT2D eigenvalue weighted by Crippen LogP contribution is 2.35. The molecule has 7 nitrogen and oxygen atoms in total. The molecule has 2 N–H and O–H groups in total. The number of hydrogen-bond acceptors (Lipinski definition) is 3. The summed E-state index contributed by atoms with van der Waals surface area (Å²) in [5.41, 5.74) is 0.0922. The molecular weight excluding hydrogens is 280 g/mol. The van der Waals surface area contributed by atoms with Gasteiger partial charge in [-0.25, -0.2) is 0 Å². The monoisotopic (exact) mass is 304 g/mol.